The van der Waals surface area contributed by atoms with Gasteiger partial charge in [-0.2, -0.15) is 13.2 Å². The third-order valence-corrected chi connectivity index (χ3v) is 3.42. The number of phenols is 1. The number of para-hydroxylation sites is 1. The maximum absolute atomic E-state index is 12.9. The van der Waals surface area contributed by atoms with Gasteiger partial charge in [-0.25, -0.2) is 0 Å². The molecule has 0 saturated heterocycles. The first kappa shape index (κ1) is 14.9. The van der Waals surface area contributed by atoms with Crippen molar-refractivity contribution in [2.75, 3.05) is 0 Å². The molecule has 0 spiro atoms. The number of halogens is 3. The quantitative estimate of drug-likeness (QED) is 0.811. The summed E-state index contributed by atoms with van der Waals surface area (Å²) in [5.74, 6) is -1.74. The summed E-state index contributed by atoms with van der Waals surface area (Å²) in [5, 5.41) is 10.1. The molecule has 0 aliphatic rings. The molecule has 2 unspecified atom stereocenters. The minimum atomic E-state index is -4.32. The molecule has 0 amide bonds. The number of aromatic hydroxyl groups is 1. The molecule has 1 N–H and O–H groups in total. The molecule has 1 aromatic rings. The van der Waals surface area contributed by atoms with Crippen molar-refractivity contribution in [3.63, 3.8) is 0 Å². The van der Waals surface area contributed by atoms with Gasteiger partial charge in [0, 0.05) is 5.56 Å². The fraction of sp³-hybridized carbons (Fsp3) is 0.571. The van der Waals surface area contributed by atoms with Crippen molar-refractivity contribution in [2.45, 2.75) is 51.6 Å². The average Bonchev–Trinajstić information content (AvgIpc) is 2.29. The Morgan fingerprint density at radius 3 is 2.11 bits per heavy atom. The van der Waals surface area contributed by atoms with Crippen LogP contribution < -0.4 is 0 Å². The van der Waals surface area contributed by atoms with Gasteiger partial charge in [-0.05, 0) is 24.3 Å². The highest BCUT2D eigenvalue weighted by Crippen LogP contribution is 2.43. The molecule has 0 heterocycles. The summed E-state index contributed by atoms with van der Waals surface area (Å²) < 4.78 is 38.7. The van der Waals surface area contributed by atoms with E-state index in [1.807, 2.05) is 13.8 Å². The highest BCUT2D eigenvalue weighted by atomic mass is 19.4. The van der Waals surface area contributed by atoms with Crippen LogP contribution in [0.2, 0.25) is 0 Å². The van der Waals surface area contributed by atoms with Gasteiger partial charge >= 0.3 is 6.18 Å². The number of benzene rings is 1. The Kier molecular flexibility index (Phi) is 4.65. The van der Waals surface area contributed by atoms with Crippen LogP contribution in [0.15, 0.2) is 18.2 Å². The average molecular weight is 260 g/mol. The number of alkyl halides is 3. The first-order valence-corrected chi connectivity index (χ1v) is 6.21. The van der Waals surface area contributed by atoms with Gasteiger partial charge in [0.2, 0.25) is 0 Å². The lowest BCUT2D eigenvalue weighted by molar-refractivity contribution is -0.151. The van der Waals surface area contributed by atoms with Gasteiger partial charge in [-0.3, -0.25) is 0 Å². The van der Waals surface area contributed by atoms with E-state index in [1.54, 1.807) is 12.1 Å². The lowest BCUT2D eigenvalue weighted by Crippen LogP contribution is -2.20. The van der Waals surface area contributed by atoms with E-state index in [9.17, 15) is 18.3 Å². The summed E-state index contributed by atoms with van der Waals surface area (Å²) in [6.45, 7) is 5.32. The van der Waals surface area contributed by atoms with E-state index in [2.05, 4.69) is 0 Å². The van der Waals surface area contributed by atoms with Gasteiger partial charge in [0.1, 0.15) is 5.75 Å². The second kappa shape index (κ2) is 5.63. The van der Waals surface area contributed by atoms with Crippen molar-refractivity contribution in [1.82, 2.24) is 0 Å². The summed E-state index contributed by atoms with van der Waals surface area (Å²) >= 11 is 0. The molecule has 0 fully saturated rings. The zero-order valence-corrected chi connectivity index (χ0v) is 10.9. The van der Waals surface area contributed by atoms with E-state index < -0.39 is 12.1 Å². The number of rotatable bonds is 4. The van der Waals surface area contributed by atoms with Crippen LogP contribution in [0.25, 0.3) is 0 Å². The summed E-state index contributed by atoms with van der Waals surface area (Å²) in [5.41, 5.74) is 0.584. The van der Waals surface area contributed by atoms with Crippen LogP contribution in [0.4, 0.5) is 13.2 Å². The Morgan fingerprint density at radius 1 is 1.11 bits per heavy atom. The molecule has 0 aromatic heterocycles. The SMILES string of the molecule is CCC(C)c1cccc(C(CC)C(F)(F)F)c1O. The molecule has 0 aliphatic heterocycles. The van der Waals surface area contributed by atoms with Gasteiger partial charge in [0.15, 0.2) is 0 Å². The zero-order chi connectivity index (χ0) is 13.9. The van der Waals surface area contributed by atoms with Crippen molar-refractivity contribution in [1.29, 1.82) is 0 Å². The predicted molar refractivity (Wildman–Crippen MR) is 65.9 cm³/mol. The van der Waals surface area contributed by atoms with Gasteiger partial charge in [0.05, 0.1) is 5.92 Å². The molecular formula is C14H19F3O. The molecule has 2 atom stereocenters. The summed E-state index contributed by atoms with van der Waals surface area (Å²) in [6.07, 6.45) is -3.61. The van der Waals surface area contributed by atoms with Crippen LogP contribution in [0, 0.1) is 0 Å². The smallest absolute Gasteiger partial charge is 0.395 e. The molecular weight excluding hydrogens is 241 g/mol. The molecule has 1 nitrogen and oxygen atoms in total. The monoisotopic (exact) mass is 260 g/mol. The Balaban J connectivity index is 3.25. The van der Waals surface area contributed by atoms with E-state index in [4.69, 9.17) is 0 Å². The van der Waals surface area contributed by atoms with Crippen molar-refractivity contribution in [3.05, 3.63) is 29.3 Å². The van der Waals surface area contributed by atoms with Gasteiger partial charge in [-0.1, -0.05) is 39.0 Å². The van der Waals surface area contributed by atoms with E-state index in [-0.39, 0.29) is 23.7 Å². The Morgan fingerprint density at radius 2 is 1.67 bits per heavy atom. The first-order chi connectivity index (χ1) is 8.32. The van der Waals surface area contributed by atoms with Crippen LogP contribution in [0.3, 0.4) is 0 Å². The molecule has 0 saturated carbocycles. The standard InChI is InChI=1S/C14H19F3O/c1-4-9(3)10-7-6-8-11(13(10)18)12(5-2)14(15,16)17/h6-9,12,18H,4-5H2,1-3H3. The second-order valence-electron chi connectivity index (χ2n) is 4.60. The zero-order valence-electron chi connectivity index (χ0n) is 10.9. The highest BCUT2D eigenvalue weighted by Gasteiger charge is 2.40. The van der Waals surface area contributed by atoms with Crippen molar-refractivity contribution in [2.24, 2.45) is 0 Å². The van der Waals surface area contributed by atoms with Crippen LogP contribution in [0.5, 0.6) is 5.75 Å². The van der Waals surface area contributed by atoms with Crippen LogP contribution in [0.1, 0.15) is 56.6 Å². The molecule has 0 bridgehead atoms. The van der Waals surface area contributed by atoms with Crippen molar-refractivity contribution in [3.8, 4) is 5.75 Å². The van der Waals surface area contributed by atoms with Gasteiger partial charge < -0.3 is 5.11 Å². The minimum absolute atomic E-state index is 0.0113. The normalized spacial score (nSPS) is 15.4. The molecule has 4 heteroatoms. The molecule has 102 valence electrons. The third-order valence-electron chi connectivity index (χ3n) is 3.42. The number of hydrogen-bond donors (Lipinski definition) is 1. The second-order valence-corrected chi connectivity index (χ2v) is 4.60. The molecule has 18 heavy (non-hydrogen) atoms. The lowest BCUT2D eigenvalue weighted by atomic mass is 9.89. The molecule has 1 aromatic carbocycles. The van der Waals surface area contributed by atoms with Crippen LogP contribution in [-0.4, -0.2) is 11.3 Å². The van der Waals surface area contributed by atoms with Crippen molar-refractivity contribution >= 4 is 0 Å². The maximum atomic E-state index is 12.9. The van der Waals surface area contributed by atoms with Crippen LogP contribution >= 0.6 is 0 Å². The molecule has 0 aliphatic carbocycles. The predicted octanol–water partition coefficient (Wildman–Crippen LogP) is 4.96. The Hall–Kier alpha value is -1.19. The van der Waals surface area contributed by atoms with Crippen LogP contribution in [-0.2, 0) is 0 Å². The summed E-state index contributed by atoms with van der Waals surface area (Å²) in [4.78, 5) is 0. The maximum Gasteiger partial charge on any atom is 0.395 e. The first-order valence-electron chi connectivity index (χ1n) is 6.21. The topological polar surface area (TPSA) is 20.2 Å². The lowest BCUT2D eigenvalue weighted by Gasteiger charge is -2.22. The van der Waals surface area contributed by atoms with Gasteiger partial charge in [0.25, 0.3) is 0 Å². The number of phenolic OH excluding ortho intramolecular Hbond substituents is 1. The highest BCUT2D eigenvalue weighted by molar-refractivity contribution is 5.44. The summed E-state index contributed by atoms with van der Waals surface area (Å²) in [7, 11) is 0. The van der Waals surface area contributed by atoms with E-state index in [0.717, 1.165) is 6.42 Å². The van der Waals surface area contributed by atoms with Crippen molar-refractivity contribution < 1.29 is 18.3 Å². The summed E-state index contributed by atoms with van der Waals surface area (Å²) in [6, 6.07) is 4.64. The fourth-order valence-electron chi connectivity index (χ4n) is 2.11. The van der Waals surface area contributed by atoms with E-state index in [1.165, 1.54) is 13.0 Å². The van der Waals surface area contributed by atoms with E-state index >= 15 is 0 Å². The number of hydrogen-bond acceptors (Lipinski definition) is 1. The third kappa shape index (κ3) is 2.98. The minimum Gasteiger partial charge on any atom is -0.507 e. The largest absolute Gasteiger partial charge is 0.507 e. The Bertz CT molecular complexity index is 399. The van der Waals surface area contributed by atoms with E-state index in [0.29, 0.717) is 5.56 Å². The fourth-order valence-corrected chi connectivity index (χ4v) is 2.11. The van der Waals surface area contributed by atoms with Gasteiger partial charge in [-0.15, -0.1) is 0 Å². The Labute approximate surface area is 106 Å². The molecule has 0 radical (unpaired) electrons. The molecule has 1 rings (SSSR count).